The van der Waals surface area contributed by atoms with Gasteiger partial charge in [-0.05, 0) is 19.9 Å². The average molecular weight is 208 g/mol. The first-order valence-corrected chi connectivity index (χ1v) is 4.93. The Hall–Kier alpha value is -1.38. The van der Waals surface area contributed by atoms with Gasteiger partial charge in [0.2, 0.25) is 0 Å². The summed E-state index contributed by atoms with van der Waals surface area (Å²) in [6.45, 7) is 2.70. The van der Waals surface area contributed by atoms with Crippen LogP contribution in [0.15, 0.2) is 6.20 Å². The lowest BCUT2D eigenvalue weighted by atomic mass is 10.1. The van der Waals surface area contributed by atoms with Gasteiger partial charge in [-0.3, -0.25) is 10.00 Å². The average Bonchev–Trinajstić information content (AvgIpc) is 2.56. The summed E-state index contributed by atoms with van der Waals surface area (Å²) in [5, 5.41) is 24.8. The van der Waals surface area contributed by atoms with Gasteiger partial charge in [0.05, 0.1) is 12.3 Å². The number of hydrogen-bond acceptors (Lipinski definition) is 4. The number of aryl methyl sites for hydroxylation is 1. The predicted octanol–water partition coefficient (Wildman–Crippen LogP) is 0.265. The highest BCUT2D eigenvalue weighted by molar-refractivity contribution is 5.25. The zero-order valence-electron chi connectivity index (χ0n) is 9.06. The molecule has 1 heterocycles. The van der Waals surface area contributed by atoms with Crippen molar-refractivity contribution >= 4 is 0 Å². The van der Waals surface area contributed by atoms with Gasteiger partial charge in [0.25, 0.3) is 0 Å². The minimum Gasteiger partial charge on any atom is -0.396 e. The highest BCUT2D eigenvalue weighted by atomic mass is 16.3. The van der Waals surface area contributed by atoms with Crippen LogP contribution in [-0.4, -0.2) is 28.0 Å². The van der Waals surface area contributed by atoms with Gasteiger partial charge in [0, 0.05) is 24.9 Å². The Balaban J connectivity index is 2.67. The molecule has 1 unspecified atom stereocenters. The van der Waals surface area contributed by atoms with Gasteiger partial charge in [-0.2, -0.15) is 10.4 Å². The summed E-state index contributed by atoms with van der Waals surface area (Å²) in [4.78, 5) is 0. The van der Waals surface area contributed by atoms with E-state index in [1.807, 2.05) is 14.0 Å². The van der Waals surface area contributed by atoms with E-state index in [4.69, 9.17) is 10.4 Å². The van der Waals surface area contributed by atoms with E-state index >= 15 is 0 Å². The molecule has 0 spiro atoms. The van der Waals surface area contributed by atoms with Crippen LogP contribution in [0.25, 0.3) is 0 Å². The molecule has 0 fully saturated rings. The van der Waals surface area contributed by atoms with E-state index in [1.165, 1.54) is 0 Å². The van der Waals surface area contributed by atoms with Crippen molar-refractivity contribution in [1.82, 2.24) is 15.1 Å². The smallest absolute Gasteiger partial charge is 0.124 e. The first kappa shape index (κ1) is 11.7. The second-order valence-corrected chi connectivity index (χ2v) is 3.40. The summed E-state index contributed by atoms with van der Waals surface area (Å²) in [7, 11) is 1.85. The van der Waals surface area contributed by atoms with E-state index in [-0.39, 0.29) is 12.6 Å². The van der Waals surface area contributed by atoms with Crippen LogP contribution in [0.3, 0.4) is 0 Å². The molecule has 0 aliphatic heterocycles. The molecule has 0 saturated carbocycles. The molecule has 0 aromatic carbocycles. The fraction of sp³-hybridized carbons (Fsp3) is 0.600. The molecule has 0 aliphatic rings. The van der Waals surface area contributed by atoms with Crippen LogP contribution in [0, 0.1) is 18.3 Å². The second kappa shape index (κ2) is 5.49. The first-order valence-electron chi connectivity index (χ1n) is 4.93. The van der Waals surface area contributed by atoms with Gasteiger partial charge >= 0.3 is 0 Å². The minimum absolute atomic E-state index is 0.136. The van der Waals surface area contributed by atoms with Crippen molar-refractivity contribution in [3.63, 3.8) is 0 Å². The van der Waals surface area contributed by atoms with Crippen molar-refractivity contribution in [2.75, 3.05) is 13.2 Å². The molecule has 15 heavy (non-hydrogen) atoms. The third-order valence-electron chi connectivity index (χ3n) is 2.40. The van der Waals surface area contributed by atoms with Crippen molar-refractivity contribution in [2.45, 2.75) is 19.4 Å². The van der Waals surface area contributed by atoms with Gasteiger partial charge in [-0.25, -0.2) is 0 Å². The summed E-state index contributed by atoms with van der Waals surface area (Å²) in [5.74, 6) is 0. The third kappa shape index (κ3) is 2.78. The topological polar surface area (TPSA) is 73.9 Å². The summed E-state index contributed by atoms with van der Waals surface area (Å²) in [6, 6.07) is 1.84. The van der Waals surface area contributed by atoms with Crippen molar-refractivity contribution in [2.24, 2.45) is 7.05 Å². The van der Waals surface area contributed by atoms with Gasteiger partial charge in [-0.1, -0.05) is 0 Å². The van der Waals surface area contributed by atoms with Gasteiger partial charge in [-0.15, -0.1) is 0 Å². The van der Waals surface area contributed by atoms with E-state index < -0.39 is 0 Å². The van der Waals surface area contributed by atoms with E-state index in [1.54, 1.807) is 10.9 Å². The highest BCUT2D eigenvalue weighted by Gasteiger charge is 2.14. The molecule has 1 rings (SSSR count). The molecule has 1 atom stereocenters. The fourth-order valence-electron chi connectivity index (χ4n) is 1.35. The lowest BCUT2D eigenvalue weighted by Crippen LogP contribution is -2.22. The molecule has 0 aliphatic carbocycles. The Morgan fingerprint density at radius 2 is 2.47 bits per heavy atom. The molecule has 0 saturated heterocycles. The Bertz CT molecular complexity index is 353. The Kier molecular flexibility index (Phi) is 4.28. The van der Waals surface area contributed by atoms with Gasteiger partial charge in [0.1, 0.15) is 6.04 Å². The molecule has 1 aromatic rings. The number of hydrogen-bond donors (Lipinski definition) is 2. The maximum atomic E-state index is 9.00. The molecule has 5 nitrogen and oxygen atoms in total. The van der Waals surface area contributed by atoms with E-state index in [2.05, 4.69) is 16.5 Å². The Morgan fingerprint density at radius 1 is 1.73 bits per heavy atom. The molecular weight excluding hydrogens is 192 g/mol. The van der Waals surface area contributed by atoms with Gasteiger partial charge in [0.15, 0.2) is 0 Å². The Morgan fingerprint density at radius 3 is 2.93 bits per heavy atom. The normalized spacial score (nSPS) is 12.4. The molecule has 0 bridgehead atoms. The standard InChI is InChI=1S/C10H16N4O/c1-8-9(7-13-14(8)2)10(6-11)12-4-3-5-15/h7,10,12,15H,3-5H2,1-2H3. The maximum Gasteiger partial charge on any atom is 0.124 e. The van der Waals surface area contributed by atoms with Crippen LogP contribution in [0.2, 0.25) is 0 Å². The molecule has 0 radical (unpaired) electrons. The van der Waals surface area contributed by atoms with Crippen molar-refractivity contribution < 1.29 is 5.11 Å². The summed E-state index contributed by atoms with van der Waals surface area (Å²) in [6.07, 6.45) is 2.35. The third-order valence-corrected chi connectivity index (χ3v) is 2.40. The quantitative estimate of drug-likeness (QED) is 0.681. The number of nitrogens with zero attached hydrogens (tertiary/aromatic N) is 3. The SMILES string of the molecule is Cc1c(C(C#N)NCCCO)cnn1C. The van der Waals surface area contributed by atoms with E-state index in [0.29, 0.717) is 13.0 Å². The summed E-state index contributed by atoms with van der Waals surface area (Å²) >= 11 is 0. The summed E-state index contributed by atoms with van der Waals surface area (Å²) < 4.78 is 1.74. The van der Waals surface area contributed by atoms with Crippen molar-refractivity contribution in [3.05, 3.63) is 17.5 Å². The first-order chi connectivity index (χ1) is 7.20. The van der Waals surface area contributed by atoms with Crippen LogP contribution < -0.4 is 5.32 Å². The summed E-state index contributed by atoms with van der Waals surface area (Å²) in [5.41, 5.74) is 1.89. The number of nitriles is 1. The largest absolute Gasteiger partial charge is 0.396 e. The lowest BCUT2D eigenvalue weighted by molar-refractivity contribution is 0.285. The van der Waals surface area contributed by atoms with Crippen molar-refractivity contribution in [1.29, 1.82) is 5.26 Å². The number of rotatable bonds is 5. The number of nitrogens with one attached hydrogen (secondary N) is 1. The zero-order chi connectivity index (χ0) is 11.3. The lowest BCUT2D eigenvalue weighted by Gasteiger charge is -2.10. The molecule has 2 N–H and O–H groups in total. The number of aliphatic hydroxyl groups excluding tert-OH is 1. The van der Waals surface area contributed by atoms with Crippen LogP contribution in [0.4, 0.5) is 0 Å². The van der Waals surface area contributed by atoms with Crippen LogP contribution >= 0.6 is 0 Å². The van der Waals surface area contributed by atoms with Crippen LogP contribution in [0.1, 0.15) is 23.7 Å². The molecule has 0 amide bonds. The molecule has 5 heteroatoms. The molecule has 82 valence electrons. The van der Waals surface area contributed by atoms with E-state index in [9.17, 15) is 0 Å². The number of aromatic nitrogens is 2. The minimum atomic E-state index is -0.342. The highest BCUT2D eigenvalue weighted by Crippen LogP contribution is 2.15. The van der Waals surface area contributed by atoms with Gasteiger partial charge < -0.3 is 5.11 Å². The van der Waals surface area contributed by atoms with E-state index in [0.717, 1.165) is 11.3 Å². The Labute approximate surface area is 89.3 Å². The zero-order valence-corrected chi connectivity index (χ0v) is 9.06. The number of aliphatic hydroxyl groups is 1. The monoisotopic (exact) mass is 208 g/mol. The fourth-order valence-corrected chi connectivity index (χ4v) is 1.35. The van der Waals surface area contributed by atoms with Crippen molar-refractivity contribution in [3.8, 4) is 6.07 Å². The molecule has 1 aromatic heterocycles. The predicted molar refractivity (Wildman–Crippen MR) is 56.0 cm³/mol. The maximum absolute atomic E-state index is 9.00. The van der Waals surface area contributed by atoms with Crippen LogP contribution in [0.5, 0.6) is 0 Å². The van der Waals surface area contributed by atoms with Crippen LogP contribution in [-0.2, 0) is 7.05 Å². The molecular formula is C10H16N4O. The second-order valence-electron chi connectivity index (χ2n) is 3.40.